The van der Waals surface area contributed by atoms with Gasteiger partial charge in [-0.25, -0.2) is 4.79 Å². The molecular formula is C15H31ClN2O3. The zero-order valence-electron chi connectivity index (χ0n) is 14.0. The van der Waals surface area contributed by atoms with E-state index in [1.54, 1.807) is 11.8 Å². The van der Waals surface area contributed by atoms with Crippen molar-refractivity contribution in [2.24, 2.45) is 5.73 Å². The topological polar surface area (TPSA) is 75.8 Å². The molecule has 21 heavy (non-hydrogen) atoms. The van der Waals surface area contributed by atoms with Gasteiger partial charge in [0.05, 0.1) is 0 Å². The third kappa shape index (κ3) is 15.4. The van der Waals surface area contributed by atoms with Crippen LogP contribution in [-0.4, -0.2) is 47.4 Å². The Morgan fingerprint density at radius 2 is 1.90 bits per heavy atom. The number of ether oxygens (including phenoxy) is 1. The molecule has 0 spiro atoms. The molecular weight excluding hydrogens is 292 g/mol. The summed E-state index contributed by atoms with van der Waals surface area (Å²) >= 11 is 5.27. The number of halogens is 1. The van der Waals surface area contributed by atoms with Crippen molar-refractivity contribution in [3.63, 3.8) is 0 Å². The number of aliphatic hydroxyl groups excluding tert-OH is 1. The Kier molecular flexibility index (Phi) is 12.7. The van der Waals surface area contributed by atoms with Crippen molar-refractivity contribution in [1.82, 2.24) is 4.90 Å². The van der Waals surface area contributed by atoms with Gasteiger partial charge in [0.15, 0.2) is 0 Å². The lowest BCUT2D eigenvalue weighted by atomic mass is 10.2. The number of nitrogens with zero attached hydrogens (tertiary/aromatic N) is 1. The standard InChI is InChI=1S/C9H18N2O2.C4H7Cl.C2H6O/c1-9(2,3)13-8(12)11-5-4-7(10)6-11;1-3-4(2)5;1-2-3/h7H,4-6,10H2,1-3H3;2-3H2,1H3;3H,2H2,1H3. The number of aliphatic hydroxyl groups is 1. The van der Waals surface area contributed by atoms with Crippen molar-refractivity contribution in [2.75, 3.05) is 19.7 Å². The highest BCUT2D eigenvalue weighted by Gasteiger charge is 2.27. The van der Waals surface area contributed by atoms with E-state index < -0.39 is 5.60 Å². The first-order valence-corrected chi connectivity index (χ1v) is 7.62. The lowest BCUT2D eigenvalue weighted by Gasteiger charge is -2.24. The van der Waals surface area contributed by atoms with Crippen molar-refractivity contribution >= 4 is 17.7 Å². The van der Waals surface area contributed by atoms with E-state index in [9.17, 15) is 4.79 Å². The second-order valence-electron chi connectivity index (χ2n) is 5.66. The molecule has 1 heterocycles. The normalized spacial score (nSPS) is 17.1. The number of rotatable bonds is 1. The van der Waals surface area contributed by atoms with Crippen LogP contribution in [-0.2, 0) is 4.74 Å². The summed E-state index contributed by atoms with van der Waals surface area (Å²) in [7, 11) is 0. The van der Waals surface area contributed by atoms with Crippen molar-refractivity contribution in [3.05, 3.63) is 11.6 Å². The second-order valence-corrected chi connectivity index (χ2v) is 6.20. The van der Waals surface area contributed by atoms with E-state index in [2.05, 4.69) is 6.58 Å². The van der Waals surface area contributed by atoms with E-state index >= 15 is 0 Å². The molecule has 1 fully saturated rings. The SMILES string of the molecule is C=C(Cl)CC.CC(C)(C)OC(=O)N1CCC(N)C1.CCO. The van der Waals surface area contributed by atoms with Crippen LogP contribution in [0.15, 0.2) is 11.6 Å². The zero-order chi connectivity index (χ0) is 17.1. The average Bonchev–Trinajstić information content (AvgIpc) is 2.75. The molecule has 0 bridgehead atoms. The predicted molar refractivity (Wildman–Crippen MR) is 88.4 cm³/mol. The molecule has 6 heteroatoms. The van der Waals surface area contributed by atoms with Gasteiger partial charge in [-0.3, -0.25) is 0 Å². The summed E-state index contributed by atoms with van der Waals surface area (Å²) < 4.78 is 5.20. The lowest BCUT2D eigenvalue weighted by molar-refractivity contribution is 0.0292. The Labute approximate surface area is 134 Å². The third-order valence-electron chi connectivity index (χ3n) is 2.26. The summed E-state index contributed by atoms with van der Waals surface area (Å²) in [5.41, 5.74) is 5.26. The number of carbonyl (C=O) groups is 1. The quantitative estimate of drug-likeness (QED) is 0.777. The molecule has 0 aromatic rings. The fraction of sp³-hybridized carbons (Fsp3) is 0.800. The van der Waals surface area contributed by atoms with Gasteiger partial charge in [-0.2, -0.15) is 0 Å². The third-order valence-corrected chi connectivity index (χ3v) is 2.53. The number of hydrogen-bond donors (Lipinski definition) is 2. The maximum Gasteiger partial charge on any atom is 0.410 e. The van der Waals surface area contributed by atoms with Gasteiger partial charge in [0.2, 0.25) is 0 Å². The number of likely N-dealkylation sites (tertiary alicyclic amines) is 1. The molecule has 126 valence electrons. The van der Waals surface area contributed by atoms with Crippen LogP contribution in [0.3, 0.4) is 0 Å². The molecule has 1 amide bonds. The highest BCUT2D eigenvalue weighted by Crippen LogP contribution is 2.13. The molecule has 1 rings (SSSR count). The average molecular weight is 323 g/mol. The van der Waals surface area contributed by atoms with Crippen LogP contribution in [0.2, 0.25) is 0 Å². The van der Waals surface area contributed by atoms with Gasteiger partial charge in [-0.1, -0.05) is 25.1 Å². The number of allylic oxidation sites excluding steroid dienone is 1. The molecule has 1 saturated heterocycles. The lowest BCUT2D eigenvalue weighted by Crippen LogP contribution is -2.36. The van der Waals surface area contributed by atoms with Crippen LogP contribution < -0.4 is 5.73 Å². The Hall–Kier alpha value is -0.780. The van der Waals surface area contributed by atoms with Gasteiger partial charge in [0, 0.05) is 30.8 Å². The van der Waals surface area contributed by atoms with E-state index in [1.165, 1.54) is 0 Å². The van der Waals surface area contributed by atoms with E-state index in [4.69, 9.17) is 27.2 Å². The molecule has 0 aromatic heterocycles. The van der Waals surface area contributed by atoms with Crippen molar-refractivity contribution in [1.29, 1.82) is 0 Å². The number of carbonyl (C=O) groups excluding carboxylic acids is 1. The number of hydrogen-bond acceptors (Lipinski definition) is 4. The molecule has 1 atom stereocenters. The van der Waals surface area contributed by atoms with E-state index in [-0.39, 0.29) is 18.7 Å². The van der Waals surface area contributed by atoms with Gasteiger partial charge in [0.25, 0.3) is 0 Å². The molecule has 1 aliphatic rings. The molecule has 1 aliphatic heterocycles. The monoisotopic (exact) mass is 322 g/mol. The van der Waals surface area contributed by atoms with Crippen molar-refractivity contribution in [2.45, 2.75) is 59.1 Å². The Morgan fingerprint density at radius 1 is 1.48 bits per heavy atom. The van der Waals surface area contributed by atoms with Gasteiger partial charge in [-0.05, 0) is 40.5 Å². The summed E-state index contributed by atoms with van der Waals surface area (Å²) in [6, 6.07) is 0.118. The Morgan fingerprint density at radius 3 is 2.14 bits per heavy atom. The highest BCUT2D eigenvalue weighted by molar-refractivity contribution is 6.29. The van der Waals surface area contributed by atoms with E-state index in [0.29, 0.717) is 6.54 Å². The van der Waals surface area contributed by atoms with Gasteiger partial charge >= 0.3 is 6.09 Å². The van der Waals surface area contributed by atoms with Crippen LogP contribution in [0.1, 0.15) is 47.5 Å². The minimum absolute atomic E-state index is 0.118. The van der Waals surface area contributed by atoms with Gasteiger partial charge in [0.1, 0.15) is 5.60 Å². The maximum absolute atomic E-state index is 11.5. The van der Waals surface area contributed by atoms with Gasteiger partial charge < -0.3 is 20.5 Å². The Balaban J connectivity index is 0. The highest BCUT2D eigenvalue weighted by atomic mass is 35.5. The fourth-order valence-electron chi connectivity index (χ4n) is 1.28. The first kappa shape index (κ1) is 22.5. The Bertz CT molecular complexity index is 304. The van der Waals surface area contributed by atoms with Gasteiger partial charge in [-0.15, -0.1) is 0 Å². The summed E-state index contributed by atoms with van der Waals surface area (Å²) in [5, 5.41) is 8.30. The van der Waals surface area contributed by atoms with Crippen LogP contribution >= 0.6 is 11.6 Å². The molecule has 3 N–H and O–H groups in total. The molecule has 5 nitrogen and oxygen atoms in total. The molecule has 0 aromatic carbocycles. The van der Waals surface area contributed by atoms with Crippen molar-refractivity contribution < 1.29 is 14.6 Å². The fourth-order valence-corrected chi connectivity index (χ4v) is 1.28. The summed E-state index contributed by atoms with van der Waals surface area (Å²) in [4.78, 5) is 13.1. The van der Waals surface area contributed by atoms with Crippen LogP contribution in [0.25, 0.3) is 0 Å². The van der Waals surface area contributed by atoms with Crippen LogP contribution in [0.5, 0.6) is 0 Å². The zero-order valence-corrected chi connectivity index (χ0v) is 14.7. The second kappa shape index (κ2) is 11.8. The summed E-state index contributed by atoms with van der Waals surface area (Å²) in [6.45, 7) is 14.3. The molecule has 1 unspecified atom stereocenters. The summed E-state index contributed by atoms with van der Waals surface area (Å²) in [5.74, 6) is 0. The first-order chi connectivity index (χ1) is 9.57. The smallest absolute Gasteiger partial charge is 0.410 e. The summed E-state index contributed by atoms with van der Waals surface area (Å²) in [6.07, 6.45) is 1.50. The maximum atomic E-state index is 11.5. The minimum Gasteiger partial charge on any atom is -0.444 e. The minimum atomic E-state index is -0.413. The van der Waals surface area contributed by atoms with Crippen LogP contribution in [0, 0.1) is 0 Å². The molecule has 0 saturated carbocycles. The first-order valence-electron chi connectivity index (χ1n) is 7.24. The molecule has 0 aliphatic carbocycles. The van der Waals surface area contributed by atoms with Crippen LogP contribution in [0.4, 0.5) is 4.79 Å². The number of amides is 1. The van der Waals surface area contributed by atoms with Crippen molar-refractivity contribution in [3.8, 4) is 0 Å². The van der Waals surface area contributed by atoms with E-state index in [1.807, 2.05) is 27.7 Å². The largest absolute Gasteiger partial charge is 0.444 e. The number of nitrogens with two attached hydrogens (primary N) is 1. The molecule has 0 radical (unpaired) electrons. The predicted octanol–water partition coefficient (Wildman–Crippen LogP) is 3.10. The van der Waals surface area contributed by atoms with E-state index in [0.717, 1.165) is 24.4 Å².